The molecular formula is C21H22O5. The van der Waals surface area contributed by atoms with Crippen LogP contribution < -0.4 is 0 Å². The van der Waals surface area contributed by atoms with Crippen LogP contribution in [0.2, 0.25) is 0 Å². The van der Waals surface area contributed by atoms with E-state index >= 15 is 0 Å². The number of hydrogen-bond acceptors (Lipinski definition) is 4. The van der Waals surface area contributed by atoms with Gasteiger partial charge in [0, 0.05) is 12.5 Å². The molecular weight excluding hydrogens is 332 g/mol. The summed E-state index contributed by atoms with van der Waals surface area (Å²) in [5.74, 6) is -3.39. The second-order valence-electron chi connectivity index (χ2n) is 6.41. The Morgan fingerprint density at radius 2 is 1.69 bits per heavy atom. The molecule has 0 saturated carbocycles. The van der Waals surface area contributed by atoms with Crippen molar-refractivity contribution in [2.24, 2.45) is 5.92 Å². The number of ether oxygens (including phenoxy) is 2. The van der Waals surface area contributed by atoms with E-state index < -0.39 is 29.9 Å². The smallest absolute Gasteiger partial charge is 0.321 e. The number of hydrogen-bond donors (Lipinski definition) is 1. The minimum Gasteiger partial charge on any atom is -0.481 e. The molecule has 1 fully saturated rings. The Morgan fingerprint density at radius 1 is 1.04 bits per heavy atom. The molecule has 0 bridgehead atoms. The second-order valence-corrected chi connectivity index (χ2v) is 6.41. The van der Waals surface area contributed by atoms with Gasteiger partial charge in [-0.25, -0.2) is 0 Å². The number of carbonyl (C=O) groups excluding carboxylic acids is 1. The first kappa shape index (κ1) is 18.1. The summed E-state index contributed by atoms with van der Waals surface area (Å²) in [6.07, 6.45) is 0.830. The van der Waals surface area contributed by atoms with Gasteiger partial charge in [0.15, 0.2) is 5.92 Å². The Hall–Kier alpha value is -2.66. The first-order valence-corrected chi connectivity index (χ1v) is 8.76. The van der Waals surface area contributed by atoms with Crippen LogP contribution in [0.1, 0.15) is 29.9 Å². The van der Waals surface area contributed by atoms with Crippen LogP contribution in [-0.2, 0) is 25.7 Å². The zero-order valence-corrected chi connectivity index (χ0v) is 14.4. The third kappa shape index (κ3) is 4.29. The number of aliphatic carboxylic acids is 1. The number of benzene rings is 2. The minimum atomic E-state index is -1.15. The predicted octanol–water partition coefficient (Wildman–Crippen LogP) is 3.39. The third-order valence-corrected chi connectivity index (χ3v) is 4.62. The Bertz CT molecular complexity index is 729. The van der Waals surface area contributed by atoms with Gasteiger partial charge in [-0.2, -0.15) is 0 Å². The van der Waals surface area contributed by atoms with Crippen LogP contribution in [0.4, 0.5) is 0 Å². The van der Waals surface area contributed by atoms with E-state index in [1.54, 1.807) is 0 Å². The van der Waals surface area contributed by atoms with Crippen molar-refractivity contribution < 1.29 is 24.2 Å². The number of rotatable bonds is 8. The quantitative estimate of drug-likeness (QED) is 0.447. The lowest BCUT2D eigenvalue weighted by atomic mass is 9.83. The summed E-state index contributed by atoms with van der Waals surface area (Å²) in [5.41, 5.74) is 1.92. The molecule has 0 aromatic heterocycles. The zero-order valence-electron chi connectivity index (χ0n) is 14.4. The van der Waals surface area contributed by atoms with Crippen molar-refractivity contribution in [2.45, 2.75) is 31.5 Å². The molecule has 2 aromatic rings. The molecule has 1 N–H and O–H groups in total. The molecule has 1 aliphatic rings. The average molecular weight is 354 g/mol. The number of carboxylic acids is 1. The SMILES string of the molecule is O=C(O)C1C(=O)OC(CCCOCc2ccccc2)C1c1ccccc1. The van der Waals surface area contributed by atoms with Gasteiger partial charge >= 0.3 is 11.9 Å². The summed E-state index contributed by atoms with van der Waals surface area (Å²) in [6, 6.07) is 19.1. The van der Waals surface area contributed by atoms with E-state index in [1.165, 1.54) is 0 Å². The summed E-state index contributed by atoms with van der Waals surface area (Å²) < 4.78 is 11.1. The van der Waals surface area contributed by atoms with Gasteiger partial charge < -0.3 is 14.6 Å². The van der Waals surface area contributed by atoms with Crippen molar-refractivity contribution >= 4 is 11.9 Å². The van der Waals surface area contributed by atoms with Crippen LogP contribution in [-0.4, -0.2) is 29.8 Å². The minimum absolute atomic E-state index is 0.439. The van der Waals surface area contributed by atoms with Crippen LogP contribution >= 0.6 is 0 Å². The predicted molar refractivity (Wildman–Crippen MR) is 95.5 cm³/mol. The molecule has 1 aliphatic heterocycles. The molecule has 0 aliphatic carbocycles. The van der Waals surface area contributed by atoms with Crippen LogP contribution in [0.3, 0.4) is 0 Å². The number of cyclic esters (lactones) is 1. The Balaban J connectivity index is 1.57. The molecule has 136 valence electrons. The molecule has 26 heavy (non-hydrogen) atoms. The van der Waals surface area contributed by atoms with Gasteiger partial charge in [-0.1, -0.05) is 60.7 Å². The molecule has 3 unspecified atom stereocenters. The van der Waals surface area contributed by atoms with E-state index in [2.05, 4.69) is 0 Å². The van der Waals surface area contributed by atoms with Crippen molar-refractivity contribution in [2.75, 3.05) is 6.61 Å². The Morgan fingerprint density at radius 3 is 2.35 bits per heavy atom. The lowest BCUT2D eigenvalue weighted by Crippen LogP contribution is -2.26. The lowest BCUT2D eigenvalue weighted by Gasteiger charge is -2.19. The average Bonchev–Trinajstić information content (AvgIpc) is 2.99. The first-order valence-electron chi connectivity index (χ1n) is 8.76. The van der Waals surface area contributed by atoms with Crippen LogP contribution in [0.25, 0.3) is 0 Å². The molecule has 2 aromatic carbocycles. The Kier molecular flexibility index (Phi) is 6.02. The molecule has 5 heteroatoms. The summed E-state index contributed by atoms with van der Waals surface area (Å²) in [5, 5.41) is 9.44. The van der Waals surface area contributed by atoms with E-state index in [0.29, 0.717) is 26.1 Å². The fourth-order valence-electron chi connectivity index (χ4n) is 3.38. The van der Waals surface area contributed by atoms with Gasteiger partial charge in [-0.3, -0.25) is 9.59 Å². The van der Waals surface area contributed by atoms with Crippen molar-refractivity contribution in [1.82, 2.24) is 0 Å². The standard InChI is InChI=1S/C21H22O5/c22-20(23)19-18(16-10-5-2-6-11-16)17(26-21(19)24)12-7-13-25-14-15-8-3-1-4-9-15/h1-6,8-11,17-19H,7,12-14H2,(H,22,23). The highest BCUT2D eigenvalue weighted by Crippen LogP contribution is 2.39. The maximum absolute atomic E-state index is 12.0. The lowest BCUT2D eigenvalue weighted by molar-refractivity contribution is -0.153. The molecule has 3 rings (SSSR count). The number of esters is 1. The molecule has 0 spiro atoms. The van der Waals surface area contributed by atoms with Gasteiger partial charge in [-0.15, -0.1) is 0 Å². The fourth-order valence-corrected chi connectivity index (χ4v) is 3.38. The molecule has 1 heterocycles. The van der Waals surface area contributed by atoms with Gasteiger partial charge in [-0.05, 0) is 24.0 Å². The second kappa shape index (κ2) is 8.63. The largest absolute Gasteiger partial charge is 0.481 e. The van der Waals surface area contributed by atoms with E-state index in [-0.39, 0.29) is 0 Å². The summed E-state index contributed by atoms with van der Waals surface area (Å²) in [4.78, 5) is 23.6. The molecule has 5 nitrogen and oxygen atoms in total. The summed E-state index contributed by atoms with van der Waals surface area (Å²) in [7, 11) is 0. The topological polar surface area (TPSA) is 72.8 Å². The molecule has 0 radical (unpaired) electrons. The first-order chi connectivity index (χ1) is 12.7. The van der Waals surface area contributed by atoms with Crippen molar-refractivity contribution in [3.8, 4) is 0 Å². The fraction of sp³-hybridized carbons (Fsp3) is 0.333. The van der Waals surface area contributed by atoms with E-state index in [0.717, 1.165) is 11.1 Å². The maximum Gasteiger partial charge on any atom is 0.321 e. The van der Waals surface area contributed by atoms with Crippen LogP contribution in [0.5, 0.6) is 0 Å². The van der Waals surface area contributed by atoms with Crippen molar-refractivity contribution in [3.05, 3.63) is 71.8 Å². The number of carboxylic acid groups (broad SMARTS) is 1. The van der Waals surface area contributed by atoms with Crippen molar-refractivity contribution in [1.29, 1.82) is 0 Å². The van der Waals surface area contributed by atoms with Crippen LogP contribution in [0.15, 0.2) is 60.7 Å². The highest BCUT2D eigenvalue weighted by molar-refractivity contribution is 5.96. The molecule has 3 atom stereocenters. The van der Waals surface area contributed by atoms with Gasteiger partial charge in [0.25, 0.3) is 0 Å². The zero-order chi connectivity index (χ0) is 18.4. The van der Waals surface area contributed by atoms with E-state index in [1.807, 2.05) is 60.7 Å². The third-order valence-electron chi connectivity index (χ3n) is 4.62. The van der Waals surface area contributed by atoms with E-state index in [4.69, 9.17) is 9.47 Å². The van der Waals surface area contributed by atoms with Crippen molar-refractivity contribution in [3.63, 3.8) is 0 Å². The maximum atomic E-state index is 12.0. The Labute approximate surface area is 152 Å². The normalized spacial score (nSPS) is 22.2. The monoisotopic (exact) mass is 354 g/mol. The molecule has 1 saturated heterocycles. The highest BCUT2D eigenvalue weighted by Gasteiger charge is 2.49. The number of carbonyl (C=O) groups is 2. The summed E-state index contributed by atoms with van der Waals surface area (Å²) in [6.45, 7) is 1.06. The highest BCUT2D eigenvalue weighted by atomic mass is 16.6. The summed E-state index contributed by atoms with van der Waals surface area (Å²) >= 11 is 0. The van der Waals surface area contributed by atoms with Gasteiger partial charge in [0.1, 0.15) is 6.10 Å². The van der Waals surface area contributed by atoms with Gasteiger partial charge in [0.05, 0.1) is 6.61 Å². The van der Waals surface area contributed by atoms with Gasteiger partial charge in [0.2, 0.25) is 0 Å². The van der Waals surface area contributed by atoms with E-state index in [9.17, 15) is 14.7 Å². The van der Waals surface area contributed by atoms with Crippen LogP contribution in [0, 0.1) is 5.92 Å². The molecule has 0 amide bonds.